The average Bonchev–Trinajstić information content (AvgIpc) is 2.94. The molecule has 0 aliphatic carbocycles. The summed E-state index contributed by atoms with van der Waals surface area (Å²) in [7, 11) is 0. The molecule has 2 rings (SSSR count). The number of nitrogens with zero attached hydrogens (tertiary/aromatic N) is 3. The fourth-order valence-electron chi connectivity index (χ4n) is 2.38. The van der Waals surface area contributed by atoms with Crippen LogP contribution in [0.3, 0.4) is 0 Å². The molecule has 1 aromatic rings. The van der Waals surface area contributed by atoms with Gasteiger partial charge in [-0.05, 0) is 25.5 Å². The monoisotopic (exact) mass is 276 g/mol. The van der Waals surface area contributed by atoms with E-state index >= 15 is 0 Å². The summed E-state index contributed by atoms with van der Waals surface area (Å²) in [4.78, 5) is 1.46. The van der Waals surface area contributed by atoms with E-state index in [0.717, 1.165) is 25.9 Å². The minimum atomic E-state index is -4.09. The van der Waals surface area contributed by atoms with Gasteiger partial charge in [0.25, 0.3) is 0 Å². The largest absolute Gasteiger partial charge is 0.401 e. The minimum absolute atomic E-state index is 0.181. The Hall–Kier alpha value is -1.08. The summed E-state index contributed by atoms with van der Waals surface area (Å²) in [5.74, 6) is 0. The second-order valence-corrected chi connectivity index (χ2v) is 4.91. The highest BCUT2D eigenvalue weighted by Crippen LogP contribution is 2.19. The molecule has 4 nitrogen and oxygen atoms in total. The molecular formula is C12H19F3N4. The van der Waals surface area contributed by atoms with Gasteiger partial charge in [0.15, 0.2) is 0 Å². The molecule has 0 unspecified atom stereocenters. The van der Waals surface area contributed by atoms with Crippen LogP contribution in [-0.2, 0) is 6.54 Å². The Bertz CT molecular complexity index is 364. The number of halogens is 3. The molecule has 0 amide bonds. The topological polar surface area (TPSA) is 33.1 Å². The summed E-state index contributed by atoms with van der Waals surface area (Å²) in [6.07, 6.45) is 1.27. The van der Waals surface area contributed by atoms with Gasteiger partial charge in [-0.25, -0.2) is 0 Å². The number of alkyl halides is 3. The number of nitrogens with one attached hydrogen (secondary N) is 1. The lowest BCUT2D eigenvalue weighted by atomic mass is 10.2. The second-order valence-electron chi connectivity index (χ2n) is 4.91. The second kappa shape index (κ2) is 6.38. The zero-order valence-electron chi connectivity index (χ0n) is 10.7. The average molecular weight is 276 g/mol. The number of likely N-dealkylation sites (tertiary alicyclic amines) is 1. The van der Waals surface area contributed by atoms with E-state index in [1.54, 1.807) is 6.20 Å². The summed E-state index contributed by atoms with van der Waals surface area (Å²) >= 11 is 0. The number of aryl methyl sites for hydroxylation is 1. The molecule has 0 radical (unpaired) electrons. The molecule has 0 spiro atoms. The zero-order valence-corrected chi connectivity index (χ0v) is 10.7. The van der Waals surface area contributed by atoms with Crippen molar-refractivity contribution in [2.75, 3.05) is 26.2 Å². The maximum absolute atomic E-state index is 12.2. The van der Waals surface area contributed by atoms with Crippen molar-refractivity contribution in [2.45, 2.75) is 31.6 Å². The molecule has 7 heteroatoms. The maximum Gasteiger partial charge on any atom is 0.401 e. The first-order valence-electron chi connectivity index (χ1n) is 6.53. The Morgan fingerprint density at radius 1 is 1.37 bits per heavy atom. The molecule has 1 saturated heterocycles. The molecule has 1 aromatic heterocycles. The molecule has 0 aromatic carbocycles. The Balaban J connectivity index is 1.58. The first-order chi connectivity index (χ1) is 9.03. The molecule has 1 fully saturated rings. The van der Waals surface area contributed by atoms with Crippen molar-refractivity contribution in [1.29, 1.82) is 0 Å². The van der Waals surface area contributed by atoms with Gasteiger partial charge in [0.2, 0.25) is 0 Å². The van der Waals surface area contributed by atoms with Gasteiger partial charge in [-0.3, -0.25) is 9.58 Å². The van der Waals surface area contributed by atoms with Crippen molar-refractivity contribution in [2.24, 2.45) is 0 Å². The molecule has 1 aliphatic heterocycles. The van der Waals surface area contributed by atoms with Crippen molar-refractivity contribution in [3.05, 3.63) is 18.5 Å². The molecule has 1 atom stereocenters. The van der Waals surface area contributed by atoms with Gasteiger partial charge in [0.1, 0.15) is 0 Å². The van der Waals surface area contributed by atoms with Gasteiger partial charge < -0.3 is 5.32 Å². The molecule has 1 N–H and O–H groups in total. The highest BCUT2D eigenvalue weighted by molar-refractivity contribution is 4.82. The number of aromatic nitrogens is 2. The van der Waals surface area contributed by atoms with Crippen LogP contribution >= 0.6 is 0 Å². The van der Waals surface area contributed by atoms with Crippen LogP contribution in [0.4, 0.5) is 13.2 Å². The van der Waals surface area contributed by atoms with Crippen LogP contribution in [0.2, 0.25) is 0 Å². The van der Waals surface area contributed by atoms with Crippen molar-refractivity contribution >= 4 is 0 Å². The van der Waals surface area contributed by atoms with E-state index in [4.69, 9.17) is 0 Å². The third kappa shape index (κ3) is 5.20. The maximum atomic E-state index is 12.2. The van der Waals surface area contributed by atoms with Crippen LogP contribution in [0.25, 0.3) is 0 Å². The zero-order chi connectivity index (χ0) is 13.7. The fraction of sp³-hybridized carbons (Fsp3) is 0.750. The predicted molar refractivity (Wildman–Crippen MR) is 65.7 cm³/mol. The molecule has 0 bridgehead atoms. The lowest BCUT2D eigenvalue weighted by molar-refractivity contribution is -0.143. The molecule has 0 saturated carbocycles. The van der Waals surface area contributed by atoms with Gasteiger partial charge in [-0.15, -0.1) is 0 Å². The quantitative estimate of drug-likeness (QED) is 0.799. The standard InChI is InChI=1S/C12H19F3N4/c13-12(14,15)10-18-8-3-11(9-18)16-4-1-6-19-7-2-5-17-19/h2,5,7,11,16H,1,3-4,6,8-10H2/t11-/m1/s1. The van der Waals surface area contributed by atoms with Crippen LogP contribution < -0.4 is 5.32 Å². The van der Waals surface area contributed by atoms with E-state index in [2.05, 4.69) is 10.4 Å². The number of rotatable bonds is 6. The van der Waals surface area contributed by atoms with Gasteiger partial charge in [-0.1, -0.05) is 0 Å². The highest BCUT2D eigenvalue weighted by Gasteiger charge is 2.34. The first kappa shape index (κ1) is 14.3. The summed E-state index contributed by atoms with van der Waals surface area (Å²) in [6.45, 7) is 1.86. The van der Waals surface area contributed by atoms with Crippen molar-refractivity contribution in [3.8, 4) is 0 Å². The Kier molecular flexibility index (Phi) is 4.81. The summed E-state index contributed by atoms with van der Waals surface area (Å²) in [6, 6.07) is 2.05. The molecule has 1 aliphatic rings. The lowest BCUT2D eigenvalue weighted by Gasteiger charge is -2.18. The van der Waals surface area contributed by atoms with E-state index in [0.29, 0.717) is 13.1 Å². The van der Waals surface area contributed by atoms with Gasteiger partial charge >= 0.3 is 6.18 Å². The van der Waals surface area contributed by atoms with Gasteiger partial charge in [0.05, 0.1) is 6.54 Å². The highest BCUT2D eigenvalue weighted by atomic mass is 19.4. The summed E-state index contributed by atoms with van der Waals surface area (Å²) in [5, 5.41) is 7.40. The van der Waals surface area contributed by atoms with Crippen molar-refractivity contribution in [1.82, 2.24) is 20.0 Å². The Morgan fingerprint density at radius 2 is 2.21 bits per heavy atom. The van der Waals surface area contributed by atoms with E-state index in [1.165, 1.54) is 4.90 Å². The fourth-order valence-corrected chi connectivity index (χ4v) is 2.38. The summed E-state index contributed by atoms with van der Waals surface area (Å²) in [5.41, 5.74) is 0. The van der Waals surface area contributed by atoms with Crippen LogP contribution in [0.5, 0.6) is 0 Å². The van der Waals surface area contributed by atoms with Crippen LogP contribution in [0.1, 0.15) is 12.8 Å². The molecule has 19 heavy (non-hydrogen) atoms. The third-order valence-electron chi connectivity index (χ3n) is 3.23. The lowest BCUT2D eigenvalue weighted by Crippen LogP contribution is -2.37. The summed E-state index contributed by atoms with van der Waals surface area (Å²) < 4.78 is 38.5. The Morgan fingerprint density at radius 3 is 2.89 bits per heavy atom. The van der Waals surface area contributed by atoms with E-state index in [1.807, 2.05) is 16.9 Å². The van der Waals surface area contributed by atoms with E-state index in [9.17, 15) is 13.2 Å². The predicted octanol–water partition coefficient (Wildman–Crippen LogP) is 1.50. The molecule has 2 heterocycles. The first-order valence-corrected chi connectivity index (χ1v) is 6.53. The number of hydrogen-bond donors (Lipinski definition) is 1. The van der Waals surface area contributed by atoms with E-state index < -0.39 is 12.7 Å². The molecular weight excluding hydrogens is 257 g/mol. The molecule has 108 valence electrons. The van der Waals surface area contributed by atoms with Gasteiger partial charge in [0, 0.05) is 38.1 Å². The smallest absolute Gasteiger partial charge is 0.313 e. The minimum Gasteiger partial charge on any atom is -0.313 e. The van der Waals surface area contributed by atoms with Gasteiger partial charge in [-0.2, -0.15) is 18.3 Å². The van der Waals surface area contributed by atoms with Crippen molar-refractivity contribution < 1.29 is 13.2 Å². The normalized spacial score (nSPS) is 21.1. The van der Waals surface area contributed by atoms with Crippen LogP contribution in [0.15, 0.2) is 18.5 Å². The SMILES string of the molecule is FC(F)(F)CN1CC[C@@H](NCCCn2cccn2)C1. The Labute approximate surface area is 110 Å². The van der Waals surface area contributed by atoms with Crippen molar-refractivity contribution in [3.63, 3.8) is 0 Å². The van der Waals surface area contributed by atoms with Crippen LogP contribution in [0, 0.1) is 0 Å². The van der Waals surface area contributed by atoms with E-state index in [-0.39, 0.29) is 6.04 Å². The third-order valence-corrected chi connectivity index (χ3v) is 3.23. The number of hydrogen-bond acceptors (Lipinski definition) is 3. The van der Waals surface area contributed by atoms with Crippen LogP contribution in [-0.4, -0.2) is 53.1 Å².